The normalized spacial score (nSPS) is 18.5. The minimum atomic E-state index is -1.01. The third-order valence-electron chi connectivity index (χ3n) is 8.70. The summed E-state index contributed by atoms with van der Waals surface area (Å²) in [5, 5.41) is 2.36. The second-order valence-electron chi connectivity index (χ2n) is 10.6. The summed E-state index contributed by atoms with van der Waals surface area (Å²) in [5.41, 5.74) is 9.07. The van der Waals surface area contributed by atoms with Crippen LogP contribution in [0.4, 0.5) is 0 Å². The number of nitrogens with zero attached hydrogens (tertiary/aromatic N) is 2. The van der Waals surface area contributed by atoms with Crippen LogP contribution in [0.25, 0.3) is 21.8 Å². The fourth-order valence-electron chi connectivity index (χ4n) is 7.16. The molecule has 7 rings (SSSR count). The number of cyclic esters (lactones) is 1. The van der Waals surface area contributed by atoms with Gasteiger partial charge in [-0.25, -0.2) is 4.79 Å². The number of esters is 1. The Bertz CT molecular complexity index is 1720. The topological polar surface area (TPSA) is 36.2 Å². The molecule has 186 valence electrons. The predicted molar refractivity (Wildman–Crippen MR) is 148 cm³/mol. The van der Waals surface area contributed by atoms with E-state index in [1.165, 1.54) is 33.4 Å². The van der Waals surface area contributed by atoms with E-state index in [1.807, 2.05) is 18.2 Å². The molecule has 5 aromatic rings. The highest BCUT2D eigenvalue weighted by molar-refractivity contribution is 6.01. The van der Waals surface area contributed by atoms with Crippen LogP contribution in [-0.2, 0) is 29.8 Å². The lowest BCUT2D eigenvalue weighted by Gasteiger charge is -2.31. The second kappa shape index (κ2) is 8.11. The van der Waals surface area contributed by atoms with E-state index in [4.69, 9.17) is 4.74 Å². The van der Waals surface area contributed by atoms with E-state index in [9.17, 15) is 4.79 Å². The summed E-state index contributed by atoms with van der Waals surface area (Å²) in [7, 11) is 0. The van der Waals surface area contributed by atoms with E-state index in [0.29, 0.717) is 5.56 Å². The van der Waals surface area contributed by atoms with Gasteiger partial charge in [-0.1, -0.05) is 67.9 Å². The van der Waals surface area contributed by atoms with E-state index in [2.05, 4.69) is 78.4 Å². The van der Waals surface area contributed by atoms with Crippen LogP contribution in [-0.4, -0.2) is 15.1 Å². The van der Waals surface area contributed by atoms with Gasteiger partial charge >= 0.3 is 5.97 Å². The highest BCUT2D eigenvalue weighted by Crippen LogP contribution is 2.54. The van der Waals surface area contributed by atoms with E-state index < -0.39 is 5.60 Å². The molecule has 4 heteroatoms. The first-order valence-electron chi connectivity index (χ1n) is 13.6. The average molecular weight is 489 g/mol. The summed E-state index contributed by atoms with van der Waals surface area (Å²) in [6.45, 7) is 8.59. The van der Waals surface area contributed by atoms with Gasteiger partial charge in [0.25, 0.3) is 0 Å². The van der Waals surface area contributed by atoms with Crippen LogP contribution in [0.1, 0.15) is 70.2 Å². The lowest BCUT2D eigenvalue weighted by molar-refractivity contribution is 0.0255. The summed E-state index contributed by atoms with van der Waals surface area (Å²) in [6.07, 6.45) is 4.43. The van der Waals surface area contributed by atoms with Gasteiger partial charge in [0.1, 0.15) is 0 Å². The third kappa shape index (κ3) is 2.87. The van der Waals surface area contributed by atoms with Gasteiger partial charge in [0, 0.05) is 57.5 Å². The Morgan fingerprint density at radius 2 is 1.65 bits per heavy atom. The number of hydrogen-bond donors (Lipinski definition) is 0. The van der Waals surface area contributed by atoms with Crippen molar-refractivity contribution in [2.45, 2.75) is 65.1 Å². The van der Waals surface area contributed by atoms with Crippen LogP contribution in [0, 0.1) is 13.8 Å². The zero-order valence-electron chi connectivity index (χ0n) is 21.8. The quantitative estimate of drug-likeness (QED) is 0.241. The molecule has 0 fully saturated rings. The number of ether oxygens (including phenoxy) is 1. The number of carbonyl (C=O) groups is 1. The molecule has 3 aromatic carbocycles. The van der Waals surface area contributed by atoms with Crippen molar-refractivity contribution in [3.05, 3.63) is 106 Å². The maximum Gasteiger partial charge on any atom is 0.340 e. The summed E-state index contributed by atoms with van der Waals surface area (Å²) < 4.78 is 11.6. The lowest BCUT2D eigenvalue weighted by Crippen LogP contribution is -2.31. The summed E-state index contributed by atoms with van der Waals surface area (Å²) in [5.74, 6) is -0.244. The fraction of sp³-hybridized carbons (Fsp3) is 0.303. The third-order valence-corrected chi connectivity index (χ3v) is 8.70. The van der Waals surface area contributed by atoms with Crippen molar-refractivity contribution in [3.63, 3.8) is 0 Å². The van der Waals surface area contributed by atoms with E-state index in [-0.39, 0.29) is 5.97 Å². The summed E-state index contributed by atoms with van der Waals surface area (Å²) in [4.78, 5) is 13.6. The van der Waals surface area contributed by atoms with Gasteiger partial charge in [-0.05, 0) is 50.8 Å². The van der Waals surface area contributed by atoms with Gasteiger partial charge in [0.05, 0.1) is 11.1 Å². The molecule has 1 atom stereocenters. The SMILES string of the molecule is CCCCn1c(C)c(C2(c3c(C)n4c5c(cccc35)CCC4)OC(=O)c3ccccc32)c2ccccc21. The molecular weight excluding hydrogens is 456 g/mol. The number of aryl methyl sites for hydroxylation is 3. The van der Waals surface area contributed by atoms with Crippen molar-refractivity contribution in [3.8, 4) is 0 Å². The van der Waals surface area contributed by atoms with Gasteiger partial charge in [-0.15, -0.1) is 0 Å². The maximum absolute atomic E-state index is 13.6. The van der Waals surface area contributed by atoms with Crippen molar-refractivity contribution in [1.82, 2.24) is 9.13 Å². The van der Waals surface area contributed by atoms with Crippen LogP contribution in [0.2, 0.25) is 0 Å². The summed E-state index contributed by atoms with van der Waals surface area (Å²) >= 11 is 0. The Morgan fingerprint density at radius 3 is 2.51 bits per heavy atom. The molecule has 4 nitrogen and oxygen atoms in total. The molecular formula is C33H32N2O2. The number of aromatic nitrogens is 2. The van der Waals surface area contributed by atoms with Crippen LogP contribution < -0.4 is 0 Å². The Labute approximate surface area is 217 Å². The van der Waals surface area contributed by atoms with E-state index in [1.54, 1.807) is 0 Å². The van der Waals surface area contributed by atoms with Crippen molar-refractivity contribution in [2.24, 2.45) is 0 Å². The number of carbonyl (C=O) groups excluding carboxylic acids is 1. The number of para-hydroxylation sites is 2. The number of rotatable bonds is 5. The van der Waals surface area contributed by atoms with Gasteiger partial charge in [0.2, 0.25) is 0 Å². The molecule has 0 aliphatic carbocycles. The van der Waals surface area contributed by atoms with Gasteiger partial charge in [0.15, 0.2) is 5.60 Å². The Morgan fingerprint density at radius 1 is 0.892 bits per heavy atom. The molecule has 4 heterocycles. The molecule has 37 heavy (non-hydrogen) atoms. The largest absolute Gasteiger partial charge is 0.440 e. The fourth-order valence-corrected chi connectivity index (χ4v) is 7.16. The molecule has 2 aliphatic heterocycles. The Balaban J connectivity index is 1.67. The van der Waals surface area contributed by atoms with Crippen LogP contribution in [0.15, 0.2) is 66.7 Å². The van der Waals surface area contributed by atoms with Crippen LogP contribution in [0.3, 0.4) is 0 Å². The molecule has 1 unspecified atom stereocenters. The molecule has 0 saturated carbocycles. The number of hydrogen-bond acceptors (Lipinski definition) is 2. The molecule has 0 N–H and O–H groups in total. The zero-order chi connectivity index (χ0) is 25.3. The molecule has 0 bridgehead atoms. The lowest BCUT2D eigenvalue weighted by atomic mass is 9.77. The van der Waals surface area contributed by atoms with Crippen molar-refractivity contribution >= 4 is 27.8 Å². The zero-order valence-corrected chi connectivity index (χ0v) is 21.8. The number of benzene rings is 3. The summed E-state index contributed by atoms with van der Waals surface area (Å²) in [6, 6.07) is 23.3. The molecule has 0 spiro atoms. The van der Waals surface area contributed by atoms with Gasteiger partial charge in [-0.3, -0.25) is 0 Å². The first-order chi connectivity index (χ1) is 18.1. The van der Waals surface area contributed by atoms with Crippen LogP contribution >= 0.6 is 0 Å². The second-order valence-corrected chi connectivity index (χ2v) is 10.6. The van der Waals surface area contributed by atoms with Crippen molar-refractivity contribution in [2.75, 3.05) is 0 Å². The van der Waals surface area contributed by atoms with Crippen LogP contribution in [0.5, 0.6) is 0 Å². The Kier molecular flexibility index (Phi) is 4.91. The first kappa shape index (κ1) is 22.4. The molecule has 2 aromatic heterocycles. The highest BCUT2D eigenvalue weighted by Gasteiger charge is 2.53. The predicted octanol–water partition coefficient (Wildman–Crippen LogP) is 7.42. The molecule has 0 amide bonds. The van der Waals surface area contributed by atoms with Gasteiger partial charge < -0.3 is 13.9 Å². The van der Waals surface area contributed by atoms with Crippen molar-refractivity contribution < 1.29 is 9.53 Å². The Hall–Kier alpha value is -3.79. The van der Waals surface area contributed by atoms with Gasteiger partial charge in [-0.2, -0.15) is 0 Å². The maximum atomic E-state index is 13.6. The van der Waals surface area contributed by atoms with Crippen molar-refractivity contribution in [1.29, 1.82) is 0 Å². The highest BCUT2D eigenvalue weighted by atomic mass is 16.6. The van der Waals surface area contributed by atoms with E-state index in [0.717, 1.165) is 60.8 Å². The average Bonchev–Trinajstić information content (AvgIpc) is 3.49. The minimum Gasteiger partial charge on any atom is -0.440 e. The minimum absolute atomic E-state index is 0.244. The first-order valence-corrected chi connectivity index (χ1v) is 13.6. The molecule has 0 radical (unpaired) electrons. The number of unbranched alkanes of at least 4 members (excludes halogenated alkanes) is 1. The molecule has 0 saturated heterocycles. The number of fused-ring (bicyclic) bond motifs is 2. The molecule has 2 aliphatic rings. The monoisotopic (exact) mass is 488 g/mol. The smallest absolute Gasteiger partial charge is 0.340 e. The standard InChI is InChI=1S/C33H32N2O2/c1-4-5-19-34-21(2)29(25-15-7-9-18-28(25)34)33(27-17-8-6-14-24(27)32(36)37-33)30-22(3)35-20-11-13-23-12-10-16-26(30)31(23)35/h6-10,12,14-18H,4-5,11,13,19-20H2,1-3H3. The van der Waals surface area contributed by atoms with E-state index >= 15 is 0 Å².